The van der Waals surface area contributed by atoms with Crippen LogP contribution in [0.1, 0.15) is 29.6 Å². The van der Waals surface area contributed by atoms with Crippen molar-refractivity contribution in [2.24, 2.45) is 0 Å². The maximum absolute atomic E-state index is 12.5. The second-order valence-corrected chi connectivity index (χ2v) is 8.91. The Morgan fingerprint density at radius 1 is 0.857 bits per heavy atom. The van der Waals surface area contributed by atoms with E-state index in [9.17, 15) is 25.0 Å². The monoisotopic (exact) mass is 498 g/mol. The van der Waals surface area contributed by atoms with Crippen LogP contribution in [0.5, 0.6) is 0 Å². The van der Waals surface area contributed by atoms with Gasteiger partial charge >= 0.3 is 0 Å². The number of carbonyl (C=O) groups excluding carboxylic acids is 1. The Labute approximate surface area is 207 Å². The van der Waals surface area contributed by atoms with Gasteiger partial charge in [-0.2, -0.15) is 0 Å². The molecule has 2 aromatic rings. The summed E-state index contributed by atoms with van der Waals surface area (Å²) >= 11 is 5.40. The van der Waals surface area contributed by atoms with Crippen molar-refractivity contribution in [3.05, 3.63) is 68.3 Å². The third-order valence-corrected chi connectivity index (χ3v) is 6.68. The van der Waals surface area contributed by atoms with E-state index < -0.39 is 10.8 Å². The summed E-state index contributed by atoms with van der Waals surface area (Å²) < 4.78 is 0. The molecule has 35 heavy (non-hydrogen) atoms. The Balaban J connectivity index is 1.39. The molecule has 2 heterocycles. The van der Waals surface area contributed by atoms with Crippen LogP contribution >= 0.6 is 12.2 Å². The predicted molar refractivity (Wildman–Crippen MR) is 136 cm³/mol. The summed E-state index contributed by atoms with van der Waals surface area (Å²) in [6.45, 7) is 4.01. The highest BCUT2D eigenvalue weighted by Crippen LogP contribution is 2.34. The first-order valence-corrected chi connectivity index (χ1v) is 11.9. The van der Waals surface area contributed by atoms with Crippen molar-refractivity contribution in [2.45, 2.75) is 19.3 Å². The van der Waals surface area contributed by atoms with Gasteiger partial charge in [0.2, 0.25) is 0 Å². The van der Waals surface area contributed by atoms with Gasteiger partial charge in [-0.05, 0) is 49.7 Å². The van der Waals surface area contributed by atoms with Crippen LogP contribution in [-0.4, -0.2) is 65.0 Å². The number of carbonyl (C=O) groups is 1. The molecule has 11 nitrogen and oxygen atoms in total. The number of rotatable bonds is 5. The lowest BCUT2D eigenvalue weighted by molar-refractivity contribution is -0.384. The highest BCUT2D eigenvalue weighted by molar-refractivity contribution is 7.80. The summed E-state index contributed by atoms with van der Waals surface area (Å²) in [6, 6.07) is 10.8. The highest BCUT2D eigenvalue weighted by Gasteiger charge is 2.25. The largest absolute Gasteiger partial charge is 0.368 e. The average molecular weight is 499 g/mol. The SMILES string of the molecule is O=C(NC(=S)N1CCN(c2ccc([N+](=O)[O-])c(N3CCCCC3)c2)CC1)c1cccc([N+](=O)[O-])c1. The van der Waals surface area contributed by atoms with Gasteiger partial charge in [0.15, 0.2) is 5.11 Å². The van der Waals surface area contributed by atoms with E-state index in [1.165, 1.54) is 24.3 Å². The second-order valence-electron chi connectivity index (χ2n) is 8.52. The molecule has 0 radical (unpaired) electrons. The molecule has 184 valence electrons. The first kappa shape index (κ1) is 24.3. The number of nitrogens with zero attached hydrogens (tertiary/aromatic N) is 5. The van der Waals surface area contributed by atoms with E-state index in [0.717, 1.165) is 38.0 Å². The van der Waals surface area contributed by atoms with Crippen LogP contribution in [-0.2, 0) is 0 Å². The molecule has 2 aromatic carbocycles. The first-order chi connectivity index (χ1) is 16.8. The lowest BCUT2D eigenvalue weighted by atomic mass is 10.1. The van der Waals surface area contributed by atoms with E-state index >= 15 is 0 Å². The molecule has 1 N–H and O–H groups in total. The summed E-state index contributed by atoms with van der Waals surface area (Å²) in [6.07, 6.45) is 3.20. The van der Waals surface area contributed by atoms with E-state index in [0.29, 0.717) is 31.9 Å². The summed E-state index contributed by atoms with van der Waals surface area (Å²) in [5.74, 6) is -0.498. The maximum atomic E-state index is 12.5. The van der Waals surface area contributed by atoms with Crippen LogP contribution in [0.25, 0.3) is 0 Å². The molecule has 12 heteroatoms. The van der Waals surface area contributed by atoms with E-state index in [4.69, 9.17) is 12.2 Å². The number of nitro groups is 2. The molecule has 2 aliphatic rings. The molecular weight excluding hydrogens is 472 g/mol. The van der Waals surface area contributed by atoms with Gasteiger partial charge in [0, 0.05) is 68.7 Å². The summed E-state index contributed by atoms with van der Waals surface area (Å²) in [7, 11) is 0. The molecule has 0 aromatic heterocycles. The molecule has 2 saturated heterocycles. The van der Waals surface area contributed by atoms with E-state index in [-0.39, 0.29) is 27.0 Å². The Morgan fingerprint density at radius 2 is 1.57 bits per heavy atom. The zero-order valence-electron chi connectivity index (χ0n) is 19.1. The number of amides is 1. The Morgan fingerprint density at radius 3 is 2.23 bits per heavy atom. The fourth-order valence-corrected chi connectivity index (χ4v) is 4.70. The molecule has 4 rings (SSSR count). The van der Waals surface area contributed by atoms with Crippen molar-refractivity contribution >= 4 is 46.0 Å². The number of benzene rings is 2. The van der Waals surface area contributed by atoms with Crippen LogP contribution in [0.15, 0.2) is 42.5 Å². The minimum atomic E-state index is -0.552. The molecule has 0 saturated carbocycles. The number of nitrogens with one attached hydrogen (secondary N) is 1. The number of piperazine rings is 1. The fourth-order valence-electron chi connectivity index (χ4n) is 4.43. The van der Waals surface area contributed by atoms with E-state index in [1.54, 1.807) is 12.1 Å². The minimum Gasteiger partial charge on any atom is -0.368 e. The van der Waals surface area contributed by atoms with Crippen LogP contribution in [0.3, 0.4) is 0 Å². The van der Waals surface area contributed by atoms with Crippen molar-refractivity contribution in [2.75, 3.05) is 49.1 Å². The van der Waals surface area contributed by atoms with Crippen molar-refractivity contribution in [3.63, 3.8) is 0 Å². The number of hydrogen-bond acceptors (Lipinski definition) is 8. The number of nitro benzene ring substituents is 2. The molecular formula is C23H26N6O5S. The van der Waals surface area contributed by atoms with Crippen LogP contribution in [0, 0.1) is 20.2 Å². The molecule has 2 fully saturated rings. The van der Waals surface area contributed by atoms with Gasteiger partial charge in [0.1, 0.15) is 5.69 Å². The average Bonchev–Trinajstić information content (AvgIpc) is 2.89. The molecule has 0 bridgehead atoms. The Kier molecular flexibility index (Phi) is 7.39. The van der Waals surface area contributed by atoms with Gasteiger partial charge in [0.25, 0.3) is 17.3 Å². The highest BCUT2D eigenvalue weighted by atomic mass is 32.1. The molecule has 0 aliphatic carbocycles. The number of anilines is 2. The Hall–Kier alpha value is -3.80. The van der Waals surface area contributed by atoms with Gasteiger partial charge in [-0.15, -0.1) is 0 Å². The van der Waals surface area contributed by atoms with E-state index in [2.05, 4.69) is 15.1 Å². The summed E-state index contributed by atoms with van der Waals surface area (Å²) in [5, 5.41) is 25.5. The van der Waals surface area contributed by atoms with Gasteiger partial charge < -0.3 is 14.7 Å². The summed E-state index contributed by atoms with van der Waals surface area (Å²) in [5.41, 5.74) is 1.71. The van der Waals surface area contributed by atoms with Crippen molar-refractivity contribution in [3.8, 4) is 0 Å². The fraction of sp³-hybridized carbons (Fsp3) is 0.391. The number of piperidine rings is 1. The topological polar surface area (TPSA) is 125 Å². The first-order valence-electron chi connectivity index (χ1n) is 11.5. The molecule has 0 unspecified atom stereocenters. The second kappa shape index (κ2) is 10.6. The lowest BCUT2D eigenvalue weighted by Gasteiger charge is -2.37. The van der Waals surface area contributed by atoms with Crippen molar-refractivity contribution in [1.29, 1.82) is 0 Å². The normalized spacial score (nSPS) is 16.1. The summed E-state index contributed by atoms with van der Waals surface area (Å²) in [4.78, 5) is 40.3. The molecule has 0 spiro atoms. The van der Waals surface area contributed by atoms with Gasteiger partial charge in [0.05, 0.1) is 9.85 Å². The quantitative estimate of drug-likeness (QED) is 0.375. The third-order valence-electron chi connectivity index (χ3n) is 6.32. The Bertz CT molecular complexity index is 1140. The standard InChI is InChI=1S/C23H26N6O5S/c30-22(17-5-4-6-19(15-17)28(31)32)24-23(35)27-13-11-25(12-14-27)18-7-8-20(29(33)34)21(16-18)26-9-2-1-3-10-26/h4-8,15-16H,1-3,9-14H2,(H,24,30,35). The third kappa shape index (κ3) is 5.65. The number of thiocarbonyl (C=S) groups is 1. The van der Waals surface area contributed by atoms with Crippen LogP contribution in [0.2, 0.25) is 0 Å². The predicted octanol–water partition coefficient (Wildman–Crippen LogP) is 3.33. The van der Waals surface area contributed by atoms with Gasteiger partial charge in [-0.3, -0.25) is 30.3 Å². The number of hydrogen-bond donors (Lipinski definition) is 1. The zero-order chi connectivity index (χ0) is 24.9. The minimum absolute atomic E-state index is 0.124. The molecule has 0 atom stereocenters. The van der Waals surface area contributed by atoms with E-state index in [1.807, 2.05) is 11.0 Å². The lowest BCUT2D eigenvalue weighted by Crippen LogP contribution is -2.52. The zero-order valence-corrected chi connectivity index (χ0v) is 19.9. The van der Waals surface area contributed by atoms with Crippen LogP contribution in [0.4, 0.5) is 22.7 Å². The van der Waals surface area contributed by atoms with Crippen molar-refractivity contribution in [1.82, 2.24) is 10.2 Å². The maximum Gasteiger partial charge on any atom is 0.292 e. The van der Waals surface area contributed by atoms with Crippen LogP contribution < -0.4 is 15.1 Å². The van der Waals surface area contributed by atoms with Gasteiger partial charge in [-0.1, -0.05) is 6.07 Å². The number of non-ortho nitro benzene ring substituents is 1. The van der Waals surface area contributed by atoms with Gasteiger partial charge in [-0.25, -0.2) is 0 Å². The molecule has 1 amide bonds. The smallest absolute Gasteiger partial charge is 0.292 e. The van der Waals surface area contributed by atoms with Crippen molar-refractivity contribution < 1.29 is 14.6 Å². The molecule has 2 aliphatic heterocycles.